The van der Waals surface area contributed by atoms with E-state index in [9.17, 15) is 13.2 Å². The van der Waals surface area contributed by atoms with Gasteiger partial charge < -0.3 is 14.4 Å². The minimum absolute atomic E-state index is 0.111. The number of pyridine rings is 1. The average molecular weight is 466 g/mol. The first kappa shape index (κ1) is 23.4. The number of aromatic nitrogens is 1. The summed E-state index contributed by atoms with van der Waals surface area (Å²) >= 11 is 0. The molecule has 4 aliphatic rings. The van der Waals surface area contributed by atoms with Crippen molar-refractivity contribution in [3.63, 3.8) is 0 Å². The summed E-state index contributed by atoms with van der Waals surface area (Å²) in [7, 11) is -3.46. The lowest BCUT2D eigenvalue weighted by atomic mass is 9.81. The maximum Gasteiger partial charge on any atom is 0.260 e. The number of nitrogens with zero attached hydrogens (tertiary/aromatic N) is 2. The van der Waals surface area contributed by atoms with Gasteiger partial charge in [0.15, 0.2) is 6.61 Å². The molecular weight excluding hydrogens is 430 g/mol. The summed E-state index contributed by atoms with van der Waals surface area (Å²) in [5, 5.41) is -0.534. The van der Waals surface area contributed by atoms with Crippen molar-refractivity contribution in [2.24, 2.45) is 0 Å². The van der Waals surface area contributed by atoms with Crippen LogP contribution in [0.25, 0.3) is 0 Å². The summed E-state index contributed by atoms with van der Waals surface area (Å²) in [5.41, 5.74) is 2.25. The van der Waals surface area contributed by atoms with Crippen LogP contribution >= 0.6 is 0 Å². The normalized spacial score (nSPS) is 29.4. The van der Waals surface area contributed by atoms with Gasteiger partial charge in [-0.25, -0.2) is 18.1 Å². The smallest absolute Gasteiger partial charge is 0.260 e. The number of sulfonamides is 1. The Hall–Kier alpha value is -1.71. The van der Waals surface area contributed by atoms with E-state index in [1.807, 2.05) is 6.07 Å². The Bertz CT molecular complexity index is 928. The Kier molecular flexibility index (Phi) is 7.07. The number of piperidine rings is 1. The Balaban J connectivity index is 1.62. The van der Waals surface area contributed by atoms with E-state index in [0.717, 1.165) is 43.2 Å². The third-order valence-electron chi connectivity index (χ3n) is 7.12. The summed E-state index contributed by atoms with van der Waals surface area (Å²) in [4.78, 5) is 19.4. The first-order chi connectivity index (χ1) is 15.3. The predicted octanol–water partition coefficient (Wildman–Crippen LogP) is 2.51. The highest BCUT2D eigenvalue weighted by Crippen LogP contribution is 2.39. The van der Waals surface area contributed by atoms with Gasteiger partial charge in [-0.2, -0.15) is 0 Å². The molecule has 1 aromatic rings. The molecule has 0 radical (unpaired) electrons. The number of aryl methyl sites for hydroxylation is 1. The molecule has 1 unspecified atom stereocenters. The van der Waals surface area contributed by atoms with Gasteiger partial charge in [-0.3, -0.25) is 4.79 Å². The van der Waals surface area contributed by atoms with E-state index in [1.54, 1.807) is 24.9 Å². The molecular formula is C23H35N3O5S. The van der Waals surface area contributed by atoms with Crippen molar-refractivity contribution >= 4 is 15.9 Å². The van der Waals surface area contributed by atoms with Gasteiger partial charge in [-0.05, 0) is 76.8 Å². The van der Waals surface area contributed by atoms with Crippen molar-refractivity contribution in [1.82, 2.24) is 14.6 Å². The zero-order chi connectivity index (χ0) is 22.9. The largest absolute Gasteiger partial charge is 0.467 e. The molecule has 2 bridgehead atoms. The summed E-state index contributed by atoms with van der Waals surface area (Å²) in [6, 6.07) is 1.28. The average Bonchev–Trinajstić information content (AvgIpc) is 2.77. The van der Waals surface area contributed by atoms with Crippen molar-refractivity contribution < 1.29 is 22.7 Å². The molecule has 2 atom stereocenters. The van der Waals surface area contributed by atoms with Crippen LogP contribution in [0.5, 0.6) is 5.88 Å². The fraction of sp³-hybridized carbons (Fsp3) is 0.739. The number of amides is 1. The minimum Gasteiger partial charge on any atom is -0.467 e. The first-order valence-electron chi connectivity index (χ1n) is 11.8. The number of rotatable bonds is 3. The quantitative estimate of drug-likeness (QED) is 0.737. The Labute approximate surface area is 191 Å². The maximum atomic E-state index is 13.2. The van der Waals surface area contributed by atoms with E-state index in [0.29, 0.717) is 31.4 Å². The third-order valence-corrected chi connectivity index (χ3v) is 9.00. The molecule has 2 fully saturated rings. The molecule has 1 N–H and O–H groups in total. The Morgan fingerprint density at radius 2 is 1.94 bits per heavy atom. The van der Waals surface area contributed by atoms with Crippen molar-refractivity contribution in [3.05, 3.63) is 23.4 Å². The van der Waals surface area contributed by atoms with Gasteiger partial charge in [0.05, 0.1) is 24.0 Å². The van der Waals surface area contributed by atoms with E-state index in [4.69, 9.17) is 9.47 Å². The lowest BCUT2D eigenvalue weighted by molar-refractivity contribution is -0.140. The molecule has 1 amide bonds. The molecule has 178 valence electrons. The molecule has 5 rings (SSSR count). The van der Waals surface area contributed by atoms with Crippen molar-refractivity contribution in [1.29, 1.82) is 0 Å². The van der Waals surface area contributed by atoms with Crippen molar-refractivity contribution in [3.8, 4) is 5.88 Å². The van der Waals surface area contributed by atoms with Gasteiger partial charge in [-0.1, -0.05) is 0 Å². The Morgan fingerprint density at radius 3 is 2.66 bits per heavy atom. The van der Waals surface area contributed by atoms with Crippen LogP contribution in [0.15, 0.2) is 12.3 Å². The van der Waals surface area contributed by atoms with E-state index in [1.165, 1.54) is 0 Å². The predicted molar refractivity (Wildman–Crippen MR) is 121 cm³/mol. The van der Waals surface area contributed by atoms with Crippen LogP contribution in [0.4, 0.5) is 0 Å². The number of ether oxygens (including phenoxy) is 2. The van der Waals surface area contributed by atoms with E-state index in [2.05, 4.69) is 16.6 Å². The van der Waals surface area contributed by atoms with Crippen LogP contribution < -0.4 is 9.46 Å². The maximum absolute atomic E-state index is 13.2. The molecule has 1 aliphatic carbocycles. The zero-order valence-corrected chi connectivity index (χ0v) is 20.1. The molecule has 9 heteroatoms. The third kappa shape index (κ3) is 4.94. The van der Waals surface area contributed by atoms with Crippen LogP contribution in [0.3, 0.4) is 0 Å². The van der Waals surface area contributed by atoms with Crippen LogP contribution in [-0.4, -0.2) is 67.4 Å². The number of carbonyl (C=O) groups is 1. The molecule has 1 aromatic heterocycles. The van der Waals surface area contributed by atoms with E-state index >= 15 is 0 Å². The van der Waals surface area contributed by atoms with Gasteiger partial charge >= 0.3 is 0 Å². The van der Waals surface area contributed by atoms with Crippen LogP contribution in [0.1, 0.15) is 69.4 Å². The number of nitrogens with one attached hydrogen (secondary N) is 1. The minimum atomic E-state index is -3.46. The van der Waals surface area contributed by atoms with Crippen LogP contribution in [0, 0.1) is 6.92 Å². The lowest BCUT2D eigenvalue weighted by Crippen LogP contribution is -2.60. The molecule has 1 saturated carbocycles. The lowest BCUT2D eigenvalue weighted by Gasteiger charge is -2.42. The van der Waals surface area contributed by atoms with Crippen molar-refractivity contribution in [2.45, 2.75) is 88.7 Å². The topological polar surface area (TPSA) is 97.8 Å². The summed E-state index contributed by atoms with van der Waals surface area (Å²) in [5.74, 6) is 0.739. The second kappa shape index (κ2) is 9.65. The van der Waals surface area contributed by atoms with Crippen molar-refractivity contribution in [2.75, 3.05) is 19.8 Å². The second-order valence-corrected chi connectivity index (χ2v) is 11.8. The fourth-order valence-electron chi connectivity index (χ4n) is 5.18. The molecule has 3 aliphatic heterocycles. The molecule has 0 spiro atoms. The number of hydrogen-bond donors (Lipinski definition) is 1. The monoisotopic (exact) mass is 465 g/mol. The highest BCUT2D eigenvalue weighted by Gasteiger charge is 2.39. The first-order valence-corrected chi connectivity index (χ1v) is 13.3. The number of hydrogen-bond acceptors (Lipinski definition) is 6. The van der Waals surface area contributed by atoms with E-state index in [-0.39, 0.29) is 30.7 Å². The highest BCUT2D eigenvalue weighted by atomic mass is 32.2. The van der Waals surface area contributed by atoms with Gasteiger partial charge in [0.25, 0.3) is 5.91 Å². The molecule has 1 saturated heterocycles. The Morgan fingerprint density at radius 1 is 1.19 bits per heavy atom. The zero-order valence-electron chi connectivity index (χ0n) is 19.2. The molecule has 4 heterocycles. The SMILES string of the molecule is Cc1ccnc2c1C1CCC(CC1)OC[C@H]1C(NS(=O)(=O)C(C)C)CCCN1C(=O)CO2. The summed E-state index contributed by atoms with van der Waals surface area (Å²) < 4.78 is 40.3. The standard InChI is InChI=1S/C23H35N3O5S/c1-15(2)32(28,29)25-19-5-4-12-26-20(19)13-30-18-8-6-17(7-9-18)22-16(3)10-11-24-23(22)31-14-21(26)27/h10-11,15,17-20,25H,4-9,12-14H2,1-3H3/t17?,18?,19?,20-/m0/s1. The van der Waals surface area contributed by atoms with Gasteiger partial charge in [0.1, 0.15) is 0 Å². The molecule has 0 aromatic carbocycles. The molecule has 8 nitrogen and oxygen atoms in total. The summed E-state index contributed by atoms with van der Waals surface area (Å²) in [6.07, 6.45) is 7.09. The number of fused-ring (bicyclic) bond motifs is 5. The van der Waals surface area contributed by atoms with Crippen LogP contribution in [-0.2, 0) is 19.6 Å². The van der Waals surface area contributed by atoms with Crippen LogP contribution in [0.2, 0.25) is 0 Å². The van der Waals surface area contributed by atoms with Gasteiger partial charge in [0, 0.05) is 24.3 Å². The van der Waals surface area contributed by atoms with E-state index < -0.39 is 15.3 Å². The van der Waals surface area contributed by atoms with Gasteiger partial charge in [-0.15, -0.1) is 0 Å². The second-order valence-electron chi connectivity index (χ2n) is 9.56. The fourth-order valence-corrected chi connectivity index (χ4v) is 6.15. The summed E-state index contributed by atoms with van der Waals surface area (Å²) in [6.45, 7) is 6.17. The molecule has 32 heavy (non-hydrogen) atoms. The number of carbonyl (C=O) groups excluding carboxylic acids is 1. The van der Waals surface area contributed by atoms with Gasteiger partial charge in [0.2, 0.25) is 15.9 Å². The highest BCUT2D eigenvalue weighted by molar-refractivity contribution is 7.90.